The Morgan fingerprint density at radius 1 is 1.08 bits per heavy atom. The molecular weight excluding hydrogens is 298 g/mol. The fraction of sp³-hybridized carbons (Fsp3) is 0.350. The molecule has 4 nitrogen and oxygen atoms in total. The quantitative estimate of drug-likeness (QED) is 0.609. The highest BCUT2D eigenvalue weighted by molar-refractivity contribution is 5.77. The van der Waals surface area contributed by atoms with Gasteiger partial charge in [-0.2, -0.15) is 0 Å². The first-order valence-corrected chi connectivity index (χ1v) is 7.91. The Bertz CT molecular complexity index is 648. The number of aromatic nitrogens is 3. The van der Waals surface area contributed by atoms with Crippen molar-refractivity contribution in [3.63, 3.8) is 0 Å². The monoisotopic (exact) mass is 329 g/mol. The lowest BCUT2D eigenvalue weighted by Crippen LogP contribution is -1.88. The third-order valence-electron chi connectivity index (χ3n) is 2.71. The van der Waals surface area contributed by atoms with Crippen LogP contribution in [0.4, 0.5) is 0 Å². The summed E-state index contributed by atoms with van der Waals surface area (Å²) >= 11 is 0. The van der Waals surface area contributed by atoms with Crippen LogP contribution in [0.5, 0.6) is 0 Å². The smallest absolute Gasteiger partial charge is 0.140 e. The van der Waals surface area contributed by atoms with Crippen LogP contribution in [0.1, 0.15) is 46.4 Å². The van der Waals surface area contributed by atoms with E-state index >= 15 is 0 Å². The molecule has 0 saturated heterocycles. The number of hydrogen-bond donors (Lipinski definition) is 1. The molecule has 0 aliphatic heterocycles. The maximum Gasteiger partial charge on any atom is 0.140 e. The number of rotatable bonds is 1. The Hall–Kier alpha value is -2.49. The van der Waals surface area contributed by atoms with Gasteiger partial charge in [0.1, 0.15) is 18.3 Å². The topological polar surface area (TPSA) is 58.6 Å². The summed E-state index contributed by atoms with van der Waals surface area (Å²) in [6, 6.07) is 12.3. The number of benzene rings is 1. The van der Waals surface area contributed by atoms with Crippen LogP contribution in [0, 0.1) is 6.92 Å². The van der Waals surface area contributed by atoms with E-state index in [9.17, 15) is 0 Å². The molecule has 0 bridgehead atoms. The Balaban J connectivity index is 0. The van der Waals surface area contributed by atoms with E-state index in [4.69, 9.17) is 4.79 Å². The summed E-state index contributed by atoms with van der Waals surface area (Å²) in [5, 5.41) is 1.13. The molecule has 1 N–H and O–H groups in total. The van der Waals surface area contributed by atoms with Crippen LogP contribution in [-0.2, 0) is 11.2 Å². The molecule has 132 valence electrons. The molecule has 0 aliphatic rings. The van der Waals surface area contributed by atoms with Crippen LogP contribution < -0.4 is 0 Å². The van der Waals surface area contributed by atoms with E-state index in [2.05, 4.69) is 40.9 Å². The average molecular weight is 329 g/mol. The van der Waals surface area contributed by atoms with E-state index in [0.29, 0.717) is 0 Å². The minimum absolute atomic E-state index is 0. The number of aromatic amines is 1. The summed E-state index contributed by atoms with van der Waals surface area (Å²) in [7, 11) is 0. The van der Waals surface area contributed by atoms with Gasteiger partial charge in [-0.05, 0) is 26.3 Å². The SMILES string of the molecule is C.CC.CC=O.CCc1ncnc2[nH]ccc12.Cc1ccccc1. The maximum atomic E-state index is 8.81. The van der Waals surface area contributed by atoms with E-state index in [1.54, 1.807) is 6.33 Å². The second-order valence-corrected chi connectivity index (χ2v) is 4.30. The number of carbonyl (C=O) groups excluding carboxylic acids is 1. The van der Waals surface area contributed by atoms with Crippen LogP contribution in [0.15, 0.2) is 48.9 Å². The van der Waals surface area contributed by atoms with Gasteiger partial charge in [0.05, 0.1) is 5.69 Å². The number of hydrogen-bond acceptors (Lipinski definition) is 3. The molecule has 2 heterocycles. The fourth-order valence-corrected chi connectivity index (χ4v) is 1.74. The zero-order valence-corrected chi connectivity index (χ0v) is 14.7. The molecule has 0 amide bonds. The van der Waals surface area contributed by atoms with Crippen LogP contribution in [-0.4, -0.2) is 21.2 Å². The van der Waals surface area contributed by atoms with Gasteiger partial charge < -0.3 is 9.78 Å². The van der Waals surface area contributed by atoms with E-state index in [1.807, 2.05) is 44.3 Å². The van der Waals surface area contributed by atoms with Gasteiger partial charge in [-0.3, -0.25) is 0 Å². The highest BCUT2D eigenvalue weighted by Crippen LogP contribution is 2.12. The van der Waals surface area contributed by atoms with Gasteiger partial charge in [0.2, 0.25) is 0 Å². The van der Waals surface area contributed by atoms with Crippen molar-refractivity contribution in [3.8, 4) is 0 Å². The standard InChI is InChI=1S/C8H9N3.C7H8.C2H4O.C2H6.CH4/c1-2-7-6-3-4-9-8(6)11-5-10-7;1-7-5-3-2-4-6-7;1-2-3;1-2;/h3-5H,2H2,1H3,(H,9,10,11);2-6H,1H3;2H,1H3;1-2H3;1H4. The molecule has 0 unspecified atom stereocenters. The Kier molecular flexibility index (Phi) is 15.3. The van der Waals surface area contributed by atoms with Gasteiger partial charge >= 0.3 is 0 Å². The van der Waals surface area contributed by atoms with Crippen molar-refractivity contribution >= 4 is 17.3 Å². The maximum absolute atomic E-state index is 8.81. The number of aldehydes is 1. The molecule has 3 rings (SSSR count). The first kappa shape index (κ1) is 23.8. The van der Waals surface area contributed by atoms with Gasteiger partial charge in [-0.15, -0.1) is 0 Å². The highest BCUT2D eigenvalue weighted by Gasteiger charge is 2.00. The molecule has 4 heteroatoms. The molecule has 1 aromatic carbocycles. The van der Waals surface area contributed by atoms with E-state index in [1.165, 1.54) is 12.5 Å². The van der Waals surface area contributed by atoms with Gasteiger partial charge in [-0.1, -0.05) is 64.1 Å². The number of aryl methyl sites for hydroxylation is 2. The van der Waals surface area contributed by atoms with E-state index in [-0.39, 0.29) is 7.43 Å². The van der Waals surface area contributed by atoms with Crippen molar-refractivity contribution in [3.05, 3.63) is 60.2 Å². The Labute approximate surface area is 146 Å². The largest absolute Gasteiger partial charge is 0.346 e. The fourth-order valence-electron chi connectivity index (χ4n) is 1.74. The average Bonchev–Trinajstić information content (AvgIpc) is 3.07. The van der Waals surface area contributed by atoms with Crippen molar-refractivity contribution in [2.24, 2.45) is 0 Å². The summed E-state index contributed by atoms with van der Waals surface area (Å²) in [6.07, 6.45) is 5.19. The zero-order chi connectivity index (χ0) is 17.5. The number of fused-ring (bicyclic) bond motifs is 1. The molecule has 3 aromatic rings. The first-order chi connectivity index (χ1) is 11.2. The first-order valence-electron chi connectivity index (χ1n) is 7.91. The molecule has 0 fully saturated rings. The second-order valence-electron chi connectivity index (χ2n) is 4.30. The van der Waals surface area contributed by atoms with Gasteiger partial charge in [0, 0.05) is 11.6 Å². The molecule has 0 atom stereocenters. The predicted molar refractivity (Wildman–Crippen MR) is 104 cm³/mol. The number of H-pyrrole nitrogens is 1. The lowest BCUT2D eigenvalue weighted by molar-refractivity contribution is -0.106. The lowest BCUT2D eigenvalue weighted by Gasteiger charge is -1.94. The van der Waals surface area contributed by atoms with Gasteiger partial charge in [-0.25, -0.2) is 9.97 Å². The number of nitrogens with one attached hydrogen (secondary N) is 1. The Morgan fingerprint density at radius 2 is 1.67 bits per heavy atom. The lowest BCUT2D eigenvalue weighted by atomic mass is 10.2. The van der Waals surface area contributed by atoms with Crippen LogP contribution in [0.3, 0.4) is 0 Å². The summed E-state index contributed by atoms with van der Waals surface area (Å²) < 4.78 is 0. The third kappa shape index (κ3) is 8.83. The molecular formula is C20H31N3O. The van der Waals surface area contributed by atoms with Gasteiger partial charge in [0.25, 0.3) is 0 Å². The summed E-state index contributed by atoms with van der Waals surface area (Å²) in [6.45, 7) is 9.62. The number of carbonyl (C=O) groups is 1. The molecule has 2 aromatic heterocycles. The third-order valence-corrected chi connectivity index (χ3v) is 2.71. The number of nitrogens with zero attached hydrogens (tertiary/aromatic N) is 2. The normalized spacial score (nSPS) is 8.21. The van der Waals surface area contributed by atoms with Crippen molar-refractivity contribution in [2.45, 2.75) is 48.5 Å². The van der Waals surface area contributed by atoms with Crippen molar-refractivity contribution in [1.29, 1.82) is 0 Å². The van der Waals surface area contributed by atoms with E-state index in [0.717, 1.165) is 29.4 Å². The van der Waals surface area contributed by atoms with E-state index < -0.39 is 0 Å². The summed E-state index contributed by atoms with van der Waals surface area (Å²) in [5.74, 6) is 0. The molecule has 24 heavy (non-hydrogen) atoms. The van der Waals surface area contributed by atoms with Crippen molar-refractivity contribution in [1.82, 2.24) is 15.0 Å². The Morgan fingerprint density at radius 3 is 2.12 bits per heavy atom. The molecule has 0 saturated carbocycles. The van der Waals surface area contributed by atoms with Crippen LogP contribution >= 0.6 is 0 Å². The van der Waals surface area contributed by atoms with Crippen LogP contribution in [0.2, 0.25) is 0 Å². The summed E-state index contributed by atoms with van der Waals surface area (Å²) in [5.41, 5.74) is 3.36. The van der Waals surface area contributed by atoms with Gasteiger partial charge in [0.15, 0.2) is 0 Å². The zero-order valence-electron chi connectivity index (χ0n) is 14.7. The summed E-state index contributed by atoms with van der Waals surface area (Å²) in [4.78, 5) is 20.1. The van der Waals surface area contributed by atoms with Crippen molar-refractivity contribution in [2.75, 3.05) is 0 Å². The minimum Gasteiger partial charge on any atom is -0.346 e. The predicted octanol–water partition coefficient (Wildman–Crippen LogP) is 5.38. The van der Waals surface area contributed by atoms with Crippen molar-refractivity contribution < 1.29 is 4.79 Å². The second kappa shape index (κ2) is 15.4. The molecule has 0 aliphatic carbocycles. The highest BCUT2D eigenvalue weighted by atomic mass is 16.1. The molecule has 0 radical (unpaired) electrons. The molecule has 0 spiro atoms. The minimum atomic E-state index is 0. The van der Waals surface area contributed by atoms with Crippen LogP contribution in [0.25, 0.3) is 11.0 Å².